The minimum Gasteiger partial charge on any atom is -0.307 e. The number of urea groups is 1. The van der Waals surface area contributed by atoms with Crippen LogP contribution in [0.25, 0.3) is 10.8 Å². The predicted octanol–water partition coefficient (Wildman–Crippen LogP) is 4.01. The van der Waals surface area contributed by atoms with E-state index in [-0.39, 0.29) is 6.03 Å². The Balaban J connectivity index is 1.81. The number of amides is 2. The number of carbonyl (C=O) groups excluding carboxylic acids is 1. The van der Waals surface area contributed by atoms with Gasteiger partial charge in [0.15, 0.2) is 0 Å². The molecule has 2 amide bonds. The summed E-state index contributed by atoms with van der Waals surface area (Å²) in [6.45, 7) is 4.60. The van der Waals surface area contributed by atoms with Crippen LogP contribution in [0.1, 0.15) is 12.6 Å². The molecule has 0 aliphatic heterocycles. The fraction of sp³-hybridized carbons (Fsp3) is 0.176. The Morgan fingerprint density at radius 2 is 1.91 bits per heavy atom. The minimum atomic E-state index is -0.272. The fourth-order valence-corrected chi connectivity index (χ4v) is 2.49. The van der Waals surface area contributed by atoms with Crippen molar-refractivity contribution in [3.8, 4) is 0 Å². The van der Waals surface area contributed by atoms with E-state index in [0.717, 1.165) is 22.2 Å². The number of aromatic nitrogens is 2. The van der Waals surface area contributed by atoms with Crippen LogP contribution in [0.5, 0.6) is 0 Å². The second-order valence-corrected chi connectivity index (χ2v) is 5.09. The van der Waals surface area contributed by atoms with Crippen molar-refractivity contribution in [3.05, 3.63) is 54.2 Å². The third-order valence-corrected chi connectivity index (χ3v) is 3.48. The van der Waals surface area contributed by atoms with Crippen LogP contribution in [-0.4, -0.2) is 15.8 Å². The van der Waals surface area contributed by atoms with Gasteiger partial charge in [-0.15, -0.1) is 0 Å². The van der Waals surface area contributed by atoms with E-state index in [1.165, 1.54) is 0 Å². The number of aryl methyl sites for hydroxylation is 2. The molecular formula is C17H18N4O. The highest BCUT2D eigenvalue weighted by molar-refractivity contribution is 6.05. The topological polar surface area (TPSA) is 59.0 Å². The molecule has 0 atom stereocenters. The van der Waals surface area contributed by atoms with E-state index < -0.39 is 0 Å². The molecule has 0 spiro atoms. The van der Waals surface area contributed by atoms with Gasteiger partial charge in [-0.05, 0) is 25.3 Å². The van der Waals surface area contributed by atoms with Gasteiger partial charge in [0.2, 0.25) is 0 Å². The number of benzene rings is 2. The summed E-state index contributed by atoms with van der Waals surface area (Å²) in [4.78, 5) is 12.2. The molecule has 0 radical (unpaired) electrons. The van der Waals surface area contributed by atoms with Crippen molar-refractivity contribution >= 4 is 28.3 Å². The molecule has 0 saturated carbocycles. The van der Waals surface area contributed by atoms with Crippen LogP contribution in [0.4, 0.5) is 16.3 Å². The average Bonchev–Trinajstić information content (AvgIpc) is 2.87. The van der Waals surface area contributed by atoms with Gasteiger partial charge in [-0.3, -0.25) is 5.32 Å². The second-order valence-electron chi connectivity index (χ2n) is 5.09. The quantitative estimate of drug-likeness (QED) is 0.766. The van der Waals surface area contributed by atoms with Crippen LogP contribution < -0.4 is 10.6 Å². The third-order valence-electron chi connectivity index (χ3n) is 3.48. The number of rotatable bonds is 3. The molecule has 3 rings (SSSR count). The lowest BCUT2D eigenvalue weighted by molar-refractivity contribution is 0.262. The highest BCUT2D eigenvalue weighted by Gasteiger charge is 2.09. The van der Waals surface area contributed by atoms with E-state index in [1.807, 2.05) is 62.4 Å². The van der Waals surface area contributed by atoms with Crippen molar-refractivity contribution < 1.29 is 4.79 Å². The molecule has 3 aromatic rings. The molecule has 0 aliphatic rings. The zero-order chi connectivity index (χ0) is 15.5. The van der Waals surface area contributed by atoms with E-state index in [1.54, 1.807) is 4.68 Å². The highest BCUT2D eigenvalue weighted by Crippen LogP contribution is 2.23. The molecule has 0 aliphatic carbocycles. The molecule has 0 fully saturated rings. The van der Waals surface area contributed by atoms with Gasteiger partial charge in [0.1, 0.15) is 5.82 Å². The maximum atomic E-state index is 12.2. The number of nitrogens with one attached hydrogen (secondary N) is 2. The first kappa shape index (κ1) is 14.1. The van der Waals surface area contributed by atoms with Crippen molar-refractivity contribution in [2.45, 2.75) is 20.4 Å². The van der Waals surface area contributed by atoms with Gasteiger partial charge in [-0.1, -0.05) is 36.4 Å². The monoisotopic (exact) mass is 294 g/mol. The summed E-state index contributed by atoms with van der Waals surface area (Å²) in [6.07, 6.45) is 0. The Morgan fingerprint density at radius 3 is 2.73 bits per heavy atom. The molecule has 1 heterocycles. The van der Waals surface area contributed by atoms with Crippen molar-refractivity contribution in [2.75, 3.05) is 10.6 Å². The summed E-state index contributed by atoms with van der Waals surface area (Å²) < 4.78 is 1.76. The first-order valence-electron chi connectivity index (χ1n) is 7.27. The predicted molar refractivity (Wildman–Crippen MR) is 89.2 cm³/mol. The Hall–Kier alpha value is -2.82. The van der Waals surface area contributed by atoms with Crippen molar-refractivity contribution in [1.29, 1.82) is 0 Å². The summed E-state index contributed by atoms with van der Waals surface area (Å²) in [7, 11) is 0. The molecular weight excluding hydrogens is 276 g/mol. The molecule has 22 heavy (non-hydrogen) atoms. The number of nitrogens with zero attached hydrogens (tertiary/aromatic N) is 2. The summed E-state index contributed by atoms with van der Waals surface area (Å²) in [5.74, 6) is 0.692. The van der Waals surface area contributed by atoms with Gasteiger partial charge in [-0.2, -0.15) is 5.10 Å². The molecule has 0 bridgehead atoms. The number of hydrogen-bond acceptors (Lipinski definition) is 2. The molecule has 2 aromatic carbocycles. The van der Waals surface area contributed by atoms with E-state index in [0.29, 0.717) is 12.4 Å². The first-order chi connectivity index (χ1) is 10.7. The molecule has 5 heteroatoms. The summed E-state index contributed by atoms with van der Waals surface area (Å²) in [5.41, 5.74) is 1.66. The SMILES string of the molecule is CCn1nc(C)cc1NC(=O)Nc1cccc2ccccc12. The van der Waals surface area contributed by atoms with Crippen LogP contribution >= 0.6 is 0 Å². The number of hydrogen-bond donors (Lipinski definition) is 2. The number of anilines is 2. The number of fused-ring (bicyclic) bond motifs is 1. The zero-order valence-electron chi connectivity index (χ0n) is 12.6. The Labute approximate surface area is 128 Å². The average molecular weight is 294 g/mol. The van der Waals surface area contributed by atoms with Crippen LogP contribution in [0.2, 0.25) is 0 Å². The normalized spacial score (nSPS) is 10.6. The third kappa shape index (κ3) is 2.79. The van der Waals surface area contributed by atoms with E-state index in [9.17, 15) is 4.79 Å². The molecule has 0 saturated heterocycles. The Morgan fingerprint density at radius 1 is 1.14 bits per heavy atom. The van der Waals surface area contributed by atoms with Crippen LogP contribution in [-0.2, 0) is 6.54 Å². The lowest BCUT2D eigenvalue weighted by Crippen LogP contribution is -2.21. The standard InChI is InChI=1S/C17H18N4O/c1-3-21-16(11-12(2)20-21)19-17(22)18-15-10-6-8-13-7-4-5-9-14(13)15/h4-11H,3H2,1-2H3,(H2,18,19,22). The van der Waals surface area contributed by atoms with Crippen LogP contribution in [0.15, 0.2) is 48.5 Å². The van der Waals surface area contributed by atoms with Gasteiger partial charge in [0, 0.05) is 18.0 Å². The molecule has 112 valence electrons. The molecule has 5 nitrogen and oxygen atoms in total. The van der Waals surface area contributed by atoms with Gasteiger partial charge in [0.25, 0.3) is 0 Å². The maximum Gasteiger partial charge on any atom is 0.324 e. The van der Waals surface area contributed by atoms with Gasteiger partial charge >= 0.3 is 6.03 Å². The van der Waals surface area contributed by atoms with Gasteiger partial charge in [0.05, 0.1) is 11.4 Å². The van der Waals surface area contributed by atoms with Crippen molar-refractivity contribution in [1.82, 2.24) is 9.78 Å². The van der Waals surface area contributed by atoms with Gasteiger partial charge in [-0.25, -0.2) is 9.48 Å². The van der Waals surface area contributed by atoms with E-state index in [2.05, 4.69) is 15.7 Å². The van der Waals surface area contributed by atoms with E-state index >= 15 is 0 Å². The molecule has 2 N–H and O–H groups in total. The molecule has 1 aromatic heterocycles. The van der Waals surface area contributed by atoms with Crippen LogP contribution in [0.3, 0.4) is 0 Å². The van der Waals surface area contributed by atoms with E-state index in [4.69, 9.17) is 0 Å². The fourth-order valence-electron chi connectivity index (χ4n) is 2.49. The summed E-state index contributed by atoms with van der Waals surface area (Å²) in [6, 6.07) is 15.4. The first-order valence-corrected chi connectivity index (χ1v) is 7.27. The summed E-state index contributed by atoms with van der Waals surface area (Å²) >= 11 is 0. The number of carbonyl (C=O) groups is 1. The lowest BCUT2D eigenvalue weighted by Gasteiger charge is -2.10. The Kier molecular flexibility index (Phi) is 3.78. The molecule has 0 unspecified atom stereocenters. The largest absolute Gasteiger partial charge is 0.324 e. The zero-order valence-corrected chi connectivity index (χ0v) is 12.6. The van der Waals surface area contributed by atoms with Crippen molar-refractivity contribution in [2.24, 2.45) is 0 Å². The Bertz CT molecular complexity index is 817. The maximum absolute atomic E-state index is 12.2. The highest BCUT2D eigenvalue weighted by atomic mass is 16.2. The summed E-state index contributed by atoms with van der Waals surface area (Å²) in [5, 5.41) is 12.2. The lowest BCUT2D eigenvalue weighted by atomic mass is 10.1. The van der Waals surface area contributed by atoms with Crippen LogP contribution in [0, 0.1) is 6.92 Å². The second kappa shape index (κ2) is 5.89. The minimum absolute atomic E-state index is 0.272. The van der Waals surface area contributed by atoms with Crippen molar-refractivity contribution in [3.63, 3.8) is 0 Å². The van der Waals surface area contributed by atoms with Gasteiger partial charge < -0.3 is 5.32 Å². The smallest absolute Gasteiger partial charge is 0.307 e.